The number of alkyl halides is 6. The Labute approximate surface area is 234 Å². The van der Waals surface area contributed by atoms with Crippen molar-refractivity contribution >= 4 is 32.7 Å². The molecule has 3 aromatic heterocycles. The minimum absolute atomic E-state index is 0.0391. The fraction of sp³-hybridized carbons (Fsp3) is 0.111. The number of hydrogen-bond acceptors (Lipinski definition) is 7. The van der Waals surface area contributed by atoms with Gasteiger partial charge in [0.05, 0.1) is 27.2 Å². The number of rotatable bonds is 4. The lowest BCUT2D eigenvalue weighted by Gasteiger charge is -2.13. The summed E-state index contributed by atoms with van der Waals surface area (Å²) in [5.41, 5.74) is -0.0628. The van der Waals surface area contributed by atoms with Gasteiger partial charge in [0, 0.05) is 28.9 Å². The number of nitrogens with zero attached hydrogens (tertiary/aromatic N) is 4. The highest BCUT2D eigenvalue weighted by Gasteiger charge is 2.33. The van der Waals surface area contributed by atoms with Crippen LogP contribution in [0.5, 0.6) is 0 Å². The van der Waals surface area contributed by atoms with E-state index in [1.165, 1.54) is 42.7 Å². The van der Waals surface area contributed by atoms with Gasteiger partial charge in [0.15, 0.2) is 0 Å². The van der Waals surface area contributed by atoms with Gasteiger partial charge < -0.3 is 5.32 Å². The van der Waals surface area contributed by atoms with Crippen molar-refractivity contribution < 1.29 is 39.3 Å². The molecule has 5 rings (SSSR count). The van der Waals surface area contributed by atoms with E-state index in [9.17, 15) is 34.8 Å². The summed E-state index contributed by atoms with van der Waals surface area (Å²) in [6, 6.07) is 14.7. The molecule has 0 bridgehead atoms. The molecule has 5 aromatic rings. The second-order valence-electron chi connectivity index (χ2n) is 8.63. The Morgan fingerprint density at radius 2 is 1.52 bits per heavy atom. The molecule has 2 N–H and O–H groups in total. The number of nitrogens with one attached hydrogen (secondary N) is 1. The van der Waals surface area contributed by atoms with Crippen molar-refractivity contribution in [2.24, 2.45) is 0 Å². The average molecular weight is 608 g/mol. The van der Waals surface area contributed by atoms with Crippen LogP contribution in [0.3, 0.4) is 0 Å². The van der Waals surface area contributed by atoms with E-state index >= 15 is 0 Å². The summed E-state index contributed by atoms with van der Waals surface area (Å²) in [7, 11) is -4.00. The molecule has 42 heavy (non-hydrogen) atoms. The van der Waals surface area contributed by atoms with Crippen LogP contribution in [0.25, 0.3) is 22.2 Å². The molecule has 0 radical (unpaired) electrons. The average Bonchev–Trinajstić information content (AvgIpc) is 2.93. The Hall–Kier alpha value is -4.63. The first-order valence-electron chi connectivity index (χ1n) is 11.8. The molecule has 0 amide bonds. The summed E-state index contributed by atoms with van der Waals surface area (Å²) in [5.74, 6) is 0.431. The van der Waals surface area contributed by atoms with Crippen LogP contribution < -0.4 is 5.32 Å². The van der Waals surface area contributed by atoms with E-state index in [1.54, 1.807) is 25.1 Å². The van der Waals surface area contributed by atoms with E-state index in [0.29, 0.717) is 28.8 Å². The molecule has 0 aliphatic carbocycles. The first-order chi connectivity index (χ1) is 19.6. The minimum Gasteiger partial charge on any atom is -0.325 e. The van der Waals surface area contributed by atoms with Gasteiger partial charge in [-0.25, -0.2) is 15.0 Å². The molecule has 3 heterocycles. The number of hydrogen-bond donors (Lipinski definition) is 2. The molecule has 2 aromatic carbocycles. The largest absolute Gasteiger partial charge is 0.417 e. The van der Waals surface area contributed by atoms with E-state index in [-0.39, 0.29) is 21.6 Å². The van der Waals surface area contributed by atoms with E-state index in [1.807, 2.05) is 0 Å². The zero-order chi connectivity index (χ0) is 30.7. The van der Waals surface area contributed by atoms with Crippen LogP contribution in [0.4, 0.5) is 38.0 Å². The third-order valence-electron chi connectivity index (χ3n) is 5.78. The van der Waals surface area contributed by atoms with Gasteiger partial charge in [0.25, 0.3) is 10.1 Å². The molecule has 0 fully saturated rings. The number of benzene rings is 2. The van der Waals surface area contributed by atoms with Crippen LogP contribution in [0, 0.1) is 6.92 Å². The highest BCUT2D eigenvalue weighted by Crippen LogP contribution is 2.36. The van der Waals surface area contributed by atoms with Crippen molar-refractivity contribution in [3.63, 3.8) is 0 Å². The van der Waals surface area contributed by atoms with E-state index < -0.39 is 33.6 Å². The van der Waals surface area contributed by atoms with E-state index in [0.717, 1.165) is 18.3 Å². The molecular weight excluding hydrogens is 588 g/mol. The van der Waals surface area contributed by atoms with Gasteiger partial charge in [-0.2, -0.15) is 34.8 Å². The van der Waals surface area contributed by atoms with E-state index in [2.05, 4.69) is 25.3 Å². The van der Waals surface area contributed by atoms with Gasteiger partial charge in [-0.15, -0.1) is 0 Å². The van der Waals surface area contributed by atoms with Crippen molar-refractivity contribution in [2.45, 2.75) is 24.2 Å². The Bertz CT molecular complexity index is 1820. The van der Waals surface area contributed by atoms with Gasteiger partial charge in [-0.05, 0) is 43.3 Å². The van der Waals surface area contributed by atoms with Crippen molar-refractivity contribution in [1.82, 2.24) is 19.9 Å². The molecule has 0 saturated carbocycles. The van der Waals surface area contributed by atoms with Gasteiger partial charge in [0.1, 0.15) is 18.0 Å². The van der Waals surface area contributed by atoms with Gasteiger partial charge in [0.2, 0.25) is 0 Å². The quantitative estimate of drug-likeness (QED) is 0.164. The first-order valence-corrected chi connectivity index (χ1v) is 13.2. The van der Waals surface area contributed by atoms with Crippen LogP contribution in [0.1, 0.15) is 16.7 Å². The fourth-order valence-electron chi connectivity index (χ4n) is 3.76. The standard InChI is InChI=1S/C21H13F6N5.C6H6O3S/c1-11-18(12-2-4-14-15(21(25,26)27)6-7-28-16(14)8-12)30-10-31-19(11)32-17-5-3-13(9-29-17)20(22,23)24;7-10(8,9)6-4-2-1-3-5-6/h2-10H,1H3,(H,29,30,31,32);1-5H,(H,7,8,9). The maximum atomic E-state index is 13.2. The highest BCUT2D eigenvalue weighted by molar-refractivity contribution is 7.85. The smallest absolute Gasteiger partial charge is 0.325 e. The second-order valence-corrected chi connectivity index (χ2v) is 10.0. The Morgan fingerprint density at radius 1 is 0.810 bits per heavy atom. The molecule has 15 heteroatoms. The van der Waals surface area contributed by atoms with Crippen LogP contribution in [-0.2, 0) is 22.5 Å². The summed E-state index contributed by atoms with van der Waals surface area (Å²) >= 11 is 0. The fourth-order valence-corrected chi connectivity index (χ4v) is 4.26. The van der Waals surface area contributed by atoms with Crippen molar-refractivity contribution in [3.8, 4) is 11.3 Å². The number of fused-ring (bicyclic) bond motifs is 1. The third-order valence-corrected chi connectivity index (χ3v) is 6.65. The van der Waals surface area contributed by atoms with Crippen LogP contribution in [0.15, 0.2) is 90.3 Å². The van der Waals surface area contributed by atoms with Gasteiger partial charge in [-0.3, -0.25) is 9.54 Å². The van der Waals surface area contributed by atoms with Crippen molar-refractivity contribution in [3.05, 3.63) is 102 Å². The topological polar surface area (TPSA) is 118 Å². The maximum absolute atomic E-state index is 13.2. The van der Waals surface area contributed by atoms with Crippen molar-refractivity contribution in [2.75, 3.05) is 5.32 Å². The lowest BCUT2D eigenvalue weighted by Crippen LogP contribution is -2.07. The monoisotopic (exact) mass is 607 g/mol. The lowest BCUT2D eigenvalue weighted by molar-refractivity contribution is -0.138. The molecule has 218 valence electrons. The SMILES string of the molecule is Cc1c(Nc2ccc(C(F)(F)F)cn2)ncnc1-c1ccc2c(C(F)(F)F)ccnc2c1.O=S(=O)(O)c1ccccc1. The van der Waals surface area contributed by atoms with Crippen LogP contribution >= 0.6 is 0 Å². The molecule has 0 spiro atoms. The lowest BCUT2D eigenvalue weighted by atomic mass is 10.0. The number of anilines is 2. The zero-order valence-electron chi connectivity index (χ0n) is 21.3. The predicted octanol–water partition coefficient (Wildman–Crippen LogP) is 7.11. The summed E-state index contributed by atoms with van der Waals surface area (Å²) in [4.78, 5) is 16.0. The Balaban J connectivity index is 0.000000343. The molecule has 0 aliphatic rings. The summed E-state index contributed by atoms with van der Waals surface area (Å²) in [5, 5.41) is 2.79. The Morgan fingerprint density at radius 3 is 2.10 bits per heavy atom. The molecule has 0 aliphatic heterocycles. The third kappa shape index (κ3) is 7.16. The zero-order valence-corrected chi connectivity index (χ0v) is 22.1. The molecule has 0 atom stereocenters. The van der Waals surface area contributed by atoms with Gasteiger partial charge in [-0.1, -0.05) is 30.3 Å². The predicted molar refractivity (Wildman–Crippen MR) is 141 cm³/mol. The molecule has 0 unspecified atom stereocenters. The molecule has 8 nitrogen and oxygen atoms in total. The number of halogens is 6. The van der Waals surface area contributed by atoms with E-state index in [4.69, 9.17) is 4.55 Å². The number of aromatic nitrogens is 4. The van der Waals surface area contributed by atoms with Crippen LogP contribution in [-0.4, -0.2) is 32.9 Å². The Kier molecular flexibility index (Phi) is 8.45. The summed E-state index contributed by atoms with van der Waals surface area (Å²) < 4.78 is 107. The number of pyridine rings is 2. The summed E-state index contributed by atoms with van der Waals surface area (Å²) in [6.45, 7) is 1.67. The normalized spacial score (nSPS) is 12.0. The maximum Gasteiger partial charge on any atom is 0.417 e. The minimum atomic E-state index is -4.51. The second kappa shape index (κ2) is 11.7. The molecular formula is C27H19F6N5O3S. The van der Waals surface area contributed by atoms with Gasteiger partial charge >= 0.3 is 12.4 Å². The summed E-state index contributed by atoms with van der Waals surface area (Å²) in [6.07, 6.45) is -5.99. The van der Waals surface area contributed by atoms with Crippen molar-refractivity contribution in [1.29, 1.82) is 0 Å². The first kappa shape index (κ1) is 30.3. The molecule has 0 saturated heterocycles. The van der Waals surface area contributed by atoms with Crippen LogP contribution in [0.2, 0.25) is 0 Å². The highest BCUT2D eigenvalue weighted by atomic mass is 32.2.